The highest BCUT2D eigenvalue weighted by Gasteiger charge is 2.19. The highest BCUT2D eigenvalue weighted by Crippen LogP contribution is 2.25. The monoisotopic (exact) mass is 450 g/mol. The third-order valence-corrected chi connectivity index (χ3v) is 4.27. The van der Waals surface area contributed by atoms with Crippen molar-refractivity contribution in [3.8, 4) is 11.6 Å². The predicted molar refractivity (Wildman–Crippen MR) is 108 cm³/mol. The maximum absolute atomic E-state index is 12.5. The smallest absolute Gasteiger partial charge is 0.387 e. The van der Waals surface area contributed by atoms with Crippen LogP contribution < -0.4 is 10.1 Å². The van der Waals surface area contributed by atoms with Gasteiger partial charge < -0.3 is 14.8 Å². The van der Waals surface area contributed by atoms with E-state index >= 15 is 0 Å². The molecule has 0 radical (unpaired) electrons. The molecule has 0 aliphatic carbocycles. The second-order valence-electron chi connectivity index (χ2n) is 6.34. The summed E-state index contributed by atoms with van der Waals surface area (Å²) < 4.78 is 35.8. The third-order valence-electron chi connectivity index (χ3n) is 3.96. The number of benzene rings is 1. The minimum Gasteiger partial charge on any atom is -0.451 e. The van der Waals surface area contributed by atoms with E-state index in [0.717, 1.165) is 11.4 Å². The van der Waals surface area contributed by atoms with Crippen LogP contribution in [-0.4, -0.2) is 39.9 Å². The number of hydrogen-bond donors (Lipinski definition) is 1. The van der Waals surface area contributed by atoms with Crippen LogP contribution in [-0.2, 0) is 9.53 Å². The molecule has 0 atom stereocenters. The van der Waals surface area contributed by atoms with Gasteiger partial charge in [0.25, 0.3) is 5.91 Å². The first-order valence-corrected chi connectivity index (χ1v) is 9.33. The number of aromatic nitrogens is 3. The molecule has 0 bridgehead atoms. The van der Waals surface area contributed by atoms with Crippen LogP contribution in [0.2, 0.25) is 5.02 Å². The van der Waals surface area contributed by atoms with Crippen LogP contribution in [0.25, 0.3) is 5.82 Å². The first-order valence-electron chi connectivity index (χ1n) is 8.95. The zero-order valence-corrected chi connectivity index (χ0v) is 17.2. The van der Waals surface area contributed by atoms with E-state index < -0.39 is 25.1 Å². The Kier molecular flexibility index (Phi) is 6.81. The first-order chi connectivity index (χ1) is 14.7. The van der Waals surface area contributed by atoms with Gasteiger partial charge in [0.2, 0.25) is 0 Å². The summed E-state index contributed by atoms with van der Waals surface area (Å²) in [6, 6.07) is 10.5. The second-order valence-corrected chi connectivity index (χ2v) is 6.74. The molecule has 0 aliphatic heterocycles. The van der Waals surface area contributed by atoms with Crippen LogP contribution in [0.5, 0.6) is 5.75 Å². The van der Waals surface area contributed by atoms with Gasteiger partial charge in [-0.15, -0.1) is 0 Å². The number of amides is 1. The van der Waals surface area contributed by atoms with E-state index in [-0.39, 0.29) is 22.2 Å². The summed E-state index contributed by atoms with van der Waals surface area (Å²) >= 11 is 6.06. The Morgan fingerprint density at radius 2 is 1.94 bits per heavy atom. The second kappa shape index (κ2) is 9.52. The van der Waals surface area contributed by atoms with Crippen molar-refractivity contribution in [2.45, 2.75) is 20.5 Å². The number of nitrogens with zero attached hydrogens (tertiary/aromatic N) is 3. The van der Waals surface area contributed by atoms with Gasteiger partial charge in [0.15, 0.2) is 18.1 Å². The van der Waals surface area contributed by atoms with Crippen LogP contribution in [0.15, 0.2) is 42.5 Å². The summed E-state index contributed by atoms with van der Waals surface area (Å²) in [5, 5.41) is 6.67. The van der Waals surface area contributed by atoms with E-state index in [1.807, 2.05) is 19.9 Å². The van der Waals surface area contributed by atoms with Gasteiger partial charge in [0.1, 0.15) is 5.75 Å². The number of hydrogen-bond acceptors (Lipinski definition) is 6. The number of halogens is 3. The van der Waals surface area contributed by atoms with Gasteiger partial charge >= 0.3 is 12.6 Å². The van der Waals surface area contributed by atoms with Gasteiger partial charge in [-0.05, 0) is 44.2 Å². The Labute approximate surface area is 180 Å². The number of nitrogens with one attached hydrogen (secondary N) is 1. The van der Waals surface area contributed by atoms with Crippen LogP contribution in [0.4, 0.5) is 14.5 Å². The molecular formula is C20H17ClF2N4O4. The molecule has 1 amide bonds. The van der Waals surface area contributed by atoms with Gasteiger partial charge in [-0.2, -0.15) is 13.9 Å². The summed E-state index contributed by atoms with van der Waals surface area (Å²) in [4.78, 5) is 28.7. The number of carbonyl (C=O) groups is 2. The number of esters is 1. The molecule has 3 rings (SSSR count). The lowest BCUT2D eigenvalue weighted by atomic mass is 10.3. The van der Waals surface area contributed by atoms with Crippen LogP contribution >= 0.6 is 11.6 Å². The Bertz CT molecular complexity index is 1120. The normalized spacial score (nSPS) is 10.8. The highest BCUT2D eigenvalue weighted by molar-refractivity contribution is 6.33. The summed E-state index contributed by atoms with van der Waals surface area (Å²) in [5.74, 6) is -1.56. The molecule has 8 nitrogen and oxygen atoms in total. The first kappa shape index (κ1) is 22.2. The van der Waals surface area contributed by atoms with Crippen molar-refractivity contribution in [2.75, 3.05) is 11.9 Å². The molecule has 2 heterocycles. The number of rotatable bonds is 7. The molecule has 0 saturated carbocycles. The molecule has 11 heteroatoms. The van der Waals surface area contributed by atoms with Crippen molar-refractivity contribution in [3.63, 3.8) is 0 Å². The Morgan fingerprint density at radius 3 is 2.61 bits per heavy atom. The Hall–Kier alpha value is -3.53. The lowest BCUT2D eigenvalue weighted by Crippen LogP contribution is -2.22. The van der Waals surface area contributed by atoms with E-state index in [2.05, 4.69) is 20.1 Å². The van der Waals surface area contributed by atoms with Crippen molar-refractivity contribution >= 4 is 29.2 Å². The molecule has 162 valence electrons. The van der Waals surface area contributed by atoms with Crippen molar-refractivity contribution in [1.29, 1.82) is 0 Å². The largest absolute Gasteiger partial charge is 0.451 e. The fraction of sp³-hybridized carbons (Fsp3) is 0.200. The SMILES string of the molecule is Cc1cc(C)n(-c2ccc(Cl)c(C(=O)OCC(=O)Nc3ccccc3OC(F)F)n2)n1. The number of carbonyl (C=O) groups excluding carboxylic acids is 2. The van der Waals surface area contributed by atoms with Gasteiger partial charge in [0, 0.05) is 5.69 Å². The minimum atomic E-state index is -3.06. The quantitative estimate of drug-likeness (QED) is 0.548. The number of para-hydroxylation sites is 2. The van der Waals surface area contributed by atoms with E-state index in [9.17, 15) is 18.4 Å². The van der Waals surface area contributed by atoms with E-state index in [1.54, 1.807) is 6.07 Å². The summed E-state index contributed by atoms with van der Waals surface area (Å²) in [6.07, 6.45) is 0. The van der Waals surface area contributed by atoms with Crippen molar-refractivity contribution in [1.82, 2.24) is 14.8 Å². The van der Waals surface area contributed by atoms with Crippen LogP contribution in [0.3, 0.4) is 0 Å². The lowest BCUT2D eigenvalue weighted by molar-refractivity contribution is -0.119. The van der Waals surface area contributed by atoms with Crippen LogP contribution in [0, 0.1) is 13.8 Å². The summed E-state index contributed by atoms with van der Waals surface area (Å²) in [6.45, 7) is -0.103. The average Bonchev–Trinajstić information content (AvgIpc) is 3.05. The Balaban J connectivity index is 1.68. The zero-order chi connectivity index (χ0) is 22.5. The van der Waals surface area contributed by atoms with Crippen molar-refractivity contribution in [3.05, 3.63) is 64.6 Å². The molecule has 3 aromatic rings. The molecule has 0 fully saturated rings. The number of aryl methyl sites for hydroxylation is 2. The fourth-order valence-electron chi connectivity index (χ4n) is 2.71. The molecule has 1 aromatic carbocycles. The summed E-state index contributed by atoms with van der Waals surface area (Å²) in [5.41, 5.74) is 1.38. The molecule has 31 heavy (non-hydrogen) atoms. The molecule has 0 aliphatic rings. The minimum absolute atomic E-state index is 0.00605. The molecular weight excluding hydrogens is 434 g/mol. The van der Waals surface area contributed by atoms with Gasteiger partial charge in [-0.3, -0.25) is 4.79 Å². The van der Waals surface area contributed by atoms with Crippen molar-refractivity contribution < 1.29 is 27.8 Å². The standard InChI is InChI=1S/C20H17ClF2N4O4/c1-11-9-12(2)27(26-11)16-8-7-13(21)18(25-16)19(29)30-10-17(28)24-14-5-3-4-6-15(14)31-20(22)23/h3-9,20H,10H2,1-2H3,(H,24,28). The lowest BCUT2D eigenvalue weighted by Gasteiger charge is -2.12. The maximum Gasteiger partial charge on any atom is 0.387 e. The predicted octanol–water partition coefficient (Wildman–Crippen LogP) is 3.93. The number of ether oxygens (including phenoxy) is 2. The fourth-order valence-corrected chi connectivity index (χ4v) is 2.89. The highest BCUT2D eigenvalue weighted by atomic mass is 35.5. The van der Waals surface area contributed by atoms with Gasteiger partial charge in [0.05, 0.1) is 16.4 Å². The zero-order valence-electron chi connectivity index (χ0n) is 16.4. The van der Waals surface area contributed by atoms with Crippen molar-refractivity contribution in [2.24, 2.45) is 0 Å². The van der Waals surface area contributed by atoms with Gasteiger partial charge in [-0.1, -0.05) is 23.7 Å². The third kappa shape index (κ3) is 5.54. The number of anilines is 1. The molecule has 0 unspecified atom stereocenters. The van der Waals surface area contributed by atoms with Gasteiger partial charge in [-0.25, -0.2) is 14.5 Å². The Morgan fingerprint density at radius 1 is 1.19 bits per heavy atom. The molecule has 0 saturated heterocycles. The molecule has 0 spiro atoms. The average molecular weight is 451 g/mol. The molecule has 1 N–H and O–H groups in total. The summed E-state index contributed by atoms with van der Waals surface area (Å²) in [7, 11) is 0. The maximum atomic E-state index is 12.5. The van der Waals surface area contributed by atoms with Crippen LogP contribution in [0.1, 0.15) is 21.9 Å². The van der Waals surface area contributed by atoms with E-state index in [1.165, 1.54) is 35.0 Å². The van der Waals surface area contributed by atoms with E-state index in [4.69, 9.17) is 16.3 Å². The number of pyridine rings is 1. The number of alkyl halides is 2. The topological polar surface area (TPSA) is 95.3 Å². The van der Waals surface area contributed by atoms with E-state index in [0.29, 0.717) is 5.82 Å². The molecule has 2 aromatic heterocycles.